The Labute approximate surface area is 131 Å². The third kappa shape index (κ3) is 3.36. The summed E-state index contributed by atoms with van der Waals surface area (Å²) in [6.45, 7) is -0.620. The molecule has 1 aliphatic heterocycles. The minimum atomic E-state index is -1.77. The first-order valence-corrected chi connectivity index (χ1v) is 7.22. The van der Waals surface area contributed by atoms with Crippen molar-refractivity contribution in [1.82, 2.24) is 0 Å². The van der Waals surface area contributed by atoms with Crippen LogP contribution in [-0.2, 0) is 9.47 Å². The Kier molecular flexibility index (Phi) is 5.92. The van der Waals surface area contributed by atoms with E-state index in [1.807, 2.05) is 0 Å². The predicted molar refractivity (Wildman–Crippen MR) is 69.3 cm³/mol. The molecule has 11 heteroatoms. The summed E-state index contributed by atoms with van der Waals surface area (Å²) in [5.74, 6) is 0. The van der Waals surface area contributed by atoms with Gasteiger partial charge in [-0.2, -0.15) is 0 Å². The van der Waals surface area contributed by atoms with Crippen LogP contribution >= 0.6 is 0 Å². The van der Waals surface area contributed by atoms with E-state index in [4.69, 9.17) is 14.6 Å². The lowest BCUT2D eigenvalue weighted by Gasteiger charge is -2.45. The molecule has 2 fully saturated rings. The Bertz CT molecular complexity index is 382. The SMILES string of the molecule is [NH3+]C1C(OC2C(O)C(O)C(O)C(O)C2O)OC(CO)C(O)C1O. The van der Waals surface area contributed by atoms with Crippen molar-refractivity contribution in [2.75, 3.05) is 6.61 Å². The van der Waals surface area contributed by atoms with E-state index < -0.39 is 73.9 Å². The van der Waals surface area contributed by atoms with Gasteiger partial charge in [-0.25, -0.2) is 0 Å². The molecule has 9 unspecified atom stereocenters. The van der Waals surface area contributed by atoms with Gasteiger partial charge < -0.3 is 56.1 Å². The van der Waals surface area contributed by atoms with E-state index in [0.29, 0.717) is 0 Å². The van der Waals surface area contributed by atoms with Gasteiger partial charge in [-0.05, 0) is 0 Å². The van der Waals surface area contributed by atoms with Crippen LogP contribution in [0.5, 0.6) is 0 Å². The molecule has 2 aliphatic rings. The van der Waals surface area contributed by atoms with Crippen LogP contribution in [0.4, 0.5) is 0 Å². The van der Waals surface area contributed by atoms with Crippen molar-refractivity contribution in [3.05, 3.63) is 0 Å². The molecule has 0 amide bonds. The highest BCUT2D eigenvalue weighted by Gasteiger charge is 2.53. The average molecular weight is 342 g/mol. The molecule has 23 heavy (non-hydrogen) atoms. The first kappa shape index (κ1) is 18.9. The summed E-state index contributed by atoms with van der Waals surface area (Å²) in [6, 6.07) is -1.03. The van der Waals surface area contributed by atoms with Gasteiger partial charge in [-0.1, -0.05) is 0 Å². The Hall–Kier alpha value is -0.440. The Balaban J connectivity index is 2.13. The molecule has 11 N–H and O–H groups in total. The number of aliphatic hydroxyl groups excluding tert-OH is 8. The summed E-state index contributed by atoms with van der Waals surface area (Å²) in [5.41, 5.74) is 3.57. The highest BCUT2D eigenvalue weighted by Crippen LogP contribution is 2.28. The lowest BCUT2D eigenvalue weighted by Crippen LogP contribution is -2.79. The van der Waals surface area contributed by atoms with Gasteiger partial charge >= 0.3 is 0 Å². The monoisotopic (exact) mass is 342 g/mol. The molecule has 0 spiro atoms. The van der Waals surface area contributed by atoms with Crippen molar-refractivity contribution < 1.29 is 56.1 Å². The van der Waals surface area contributed by atoms with Crippen molar-refractivity contribution in [3.8, 4) is 0 Å². The first-order chi connectivity index (χ1) is 10.7. The van der Waals surface area contributed by atoms with E-state index in [0.717, 1.165) is 0 Å². The molecule has 11 nitrogen and oxygen atoms in total. The Morgan fingerprint density at radius 3 is 1.70 bits per heavy atom. The van der Waals surface area contributed by atoms with Crippen LogP contribution in [-0.4, -0.2) is 115 Å². The number of rotatable bonds is 3. The van der Waals surface area contributed by atoms with Crippen molar-refractivity contribution >= 4 is 0 Å². The molecule has 0 bridgehead atoms. The predicted octanol–water partition coefficient (Wildman–Crippen LogP) is -6.76. The van der Waals surface area contributed by atoms with Crippen LogP contribution in [0.3, 0.4) is 0 Å². The van der Waals surface area contributed by atoms with E-state index >= 15 is 0 Å². The highest BCUT2D eigenvalue weighted by atomic mass is 16.7. The Morgan fingerprint density at radius 1 is 0.739 bits per heavy atom. The van der Waals surface area contributed by atoms with Crippen molar-refractivity contribution in [2.24, 2.45) is 0 Å². The number of hydrogen-bond acceptors (Lipinski definition) is 10. The number of hydrogen-bond donors (Lipinski definition) is 9. The lowest BCUT2D eigenvalue weighted by molar-refractivity contribution is -0.506. The summed E-state index contributed by atoms with van der Waals surface area (Å²) in [4.78, 5) is 0. The summed E-state index contributed by atoms with van der Waals surface area (Å²) >= 11 is 0. The molecule has 1 heterocycles. The van der Waals surface area contributed by atoms with Crippen LogP contribution in [0.15, 0.2) is 0 Å². The molecule has 1 saturated heterocycles. The molecule has 0 aromatic heterocycles. The van der Waals surface area contributed by atoms with Gasteiger partial charge in [-0.15, -0.1) is 0 Å². The molecular weight excluding hydrogens is 318 g/mol. The largest absolute Gasteiger partial charge is 0.394 e. The standard InChI is InChI=1S/C12H23NO10/c13-3-5(16)4(15)2(1-14)22-12(3)23-11-9(20)7(18)6(17)8(19)10(11)21/h2-12,14-21H,1,13H2/p+1. The third-order valence-electron chi connectivity index (χ3n) is 4.37. The minimum absolute atomic E-state index is 0.620. The fraction of sp³-hybridized carbons (Fsp3) is 1.00. The number of aliphatic hydroxyl groups is 8. The minimum Gasteiger partial charge on any atom is -0.394 e. The molecular formula is C12H24NO10+. The average Bonchev–Trinajstić information content (AvgIpc) is 2.54. The van der Waals surface area contributed by atoms with Crippen LogP contribution in [0, 0.1) is 0 Å². The molecule has 136 valence electrons. The maximum Gasteiger partial charge on any atom is 0.214 e. The van der Waals surface area contributed by atoms with Crippen molar-refractivity contribution in [1.29, 1.82) is 0 Å². The van der Waals surface area contributed by atoms with Crippen molar-refractivity contribution in [3.63, 3.8) is 0 Å². The third-order valence-corrected chi connectivity index (χ3v) is 4.37. The number of quaternary nitrogens is 1. The molecule has 9 atom stereocenters. The van der Waals surface area contributed by atoms with Gasteiger partial charge in [0.15, 0.2) is 6.04 Å². The maximum atomic E-state index is 9.91. The van der Waals surface area contributed by atoms with E-state index in [1.165, 1.54) is 0 Å². The fourth-order valence-electron chi connectivity index (χ4n) is 2.78. The van der Waals surface area contributed by atoms with Crippen LogP contribution < -0.4 is 5.73 Å². The van der Waals surface area contributed by atoms with Gasteiger partial charge in [0.2, 0.25) is 6.29 Å². The highest BCUT2D eigenvalue weighted by molar-refractivity contribution is 5.00. The molecule has 0 aromatic carbocycles. The fourth-order valence-corrected chi connectivity index (χ4v) is 2.78. The van der Waals surface area contributed by atoms with Gasteiger partial charge in [-0.3, -0.25) is 0 Å². The summed E-state index contributed by atoms with van der Waals surface area (Å²) < 4.78 is 10.5. The summed E-state index contributed by atoms with van der Waals surface area (Å²) in [7, 11) is 0. The smallest absolute Gasteiger partial charge is 0.214 e. The molecule has 0 radical (unpaired) electrons. The maximum absolute atomic E-state index is 9.91. The zero-order chi connectivity index (χ0) is 17.5. The summed E-state index contributed by atoms with van der Waals surface area (Å²) in [6.07, 6.45) is -15.6. The van der Waals surface area contributed by atoms with Gasteiger partial charge in [0.1, 0.15) is 54.9 Å². The zero-order valence-electron chi connectivity index (χ0n) is 12.2. The second-order valence-corrected chi connectivity index (χ2v) is 5.92. The second kappa shape index (κ2) is 7.21. The van der Waals surface area contributed by atoms with Crippen molar-refractivity contribution in [2.45, 2.75) is 67.3 Å². The molecule has 0 aromatic rings. The van der Waals surface area contributed by atoms with Crippen LogP contribution in [0.2, 0.25) is 0 Å². The van der Waals surface area contributed by atoms with E-state index in [-0.39, 0.29) is 0 Å². The zero-order valence-corrected chi connectivity index (χ0v) is 12.2. The molecule has 1 aliphatic carbocycles. The normalized spacial score (nSPS) is 54.9. The van der Waals surface area contributed by atoms with E-state index in [1.54, 1.807) is 0 Å². The lowest BCUT2D eigenvalue weighted by atomic mass is 9.84. The topological polar surface area (TPSA) is 208 Å². The van der Waals surface area contributed by atoms with Crippen LogP contribution in [0.25, 0.3) is 0 Å². The molecule has 2 rings (SSSR count). The van der Waals surface area contributed by atoms with Gasteiger partial charge in [0, 0.05) is 0 Å². The first-order valence-electron chi connectivity index (χ1n) is 7.22. The quantitative estimate of drug-likeness (QED) is 0.237. The molecule has 1 saturated carbocycles. The van der Waals surface area contributed by atoms with E-state index in [2.05, 4.69) is 5.73 Å². The van der Waals surface area contributed by atoms with Gasteiger partial charge in [0.25, 0.3) is 0 Å². The Morgan fingerprint density at radius 2 is 1.22 bits per heavy atom. The van der Waals surface area contributed by atoms with Crippen LogP contribution in [0.1, 0.15) is 0 Å². The summed E-state index contributed by atoms with van der Waals surface area (Å²) in [5, 5.41) is 77.3. The van der Waals surface area contributed by atoms with Gasteiger partial charge in [0.05, 0.1) is 6.61 Å². The van der Waals surface area contributed by atoms with E-state index in [9.17, 15) is 35.7 Å². The second-order valence-electron chi connectivity index (χ2n) is 5.92. The number of ether oxygens (including phenoxy) is 2.